The van der Waals surface area contributed by atoms with Crippen LogP contribution < -0.4 is 5.73 Å². The number of amides is 1. The normalized spacial score (nSPS) is 10.3. The van der Waals surface area contributed by atoms with Crippen LogP contribution in [0, 0.1) is 0 Å². The van der Waals surface area contributed by atoms with E-state index in [0.717, 1.165) is 11.6 Å². The number of primary amides is 1. The van der Waals surface area contributed by atoms with Gasteiger partial charge < -0.3 is 5.73 Å². The summed E-state index contributed by atoms with van der Waals surface area (Å²) < 4.78 is 0. The van der Waals surface area contributed by atoms with Crippen molar-refractivity contribution < 1.29 is 9.59 Å². The summed E-state index contributed by atoms with van der Waals surface area (Å²) in [6, 6.07) is 9.32. The highest BCUT2D eigenvalue weighted by Crippen LogP contribution is 2.00. The smallest absolute Gasteiger partial charge is 0.241 e. The van der Waals surface area contributed by atoms with Crippen molar-refractivity contribution in [2.45, 2.75) is 6.42 Å². The minimum Gasteiger partial charge on any atom is -0.366 e. The molecule has 1 aromatic rings. The van der Waals surface area contributed by atoms with Gasteiger partial charge in [0.2, 0.25) is 5.91 Å². The molecular weight excluding hydrogens is 178 g/mol. The Labute approximate surface area is 82.2 Å². The lowest BCUT2D eigenvalue weighted by Crippen LogP contribution is -2.07. The lowest BCUT2D eigenvalue weighted by Gasteiger charge is -1.95. The summed E-state index contributed by atoms with van der Waals surface area (Å²) in [5.41, 5.74) is 5.78. The molecule has 0 fully saturated rings. The molecule has 0 aliphatic rings. The lowest BCUT2D eigenvalue weighted by molar-refractivity contribution is -0.116. The largest absolute Gasteiger partial charge is 0.366 e. The van der Waals surface area contributed by atoms with Crippen LogP contribution in [0.1, 0.15) is 5.56 Å². The molecule has 3 nitrogen and oxygen atoms in total. The first-order valence-electron chi connectivity index (χ1n) is 4.23. The van der Waals surface area contributed by atoms with Gasteiger partial charge in [-0.3, -0.25) is 9.59 Å². The van der Waals surface area contributed by atoms with Crippen molar-refractivity contribution in [2.75, 3.05) is 0 Å². The van der Waals surface area contributed by atoms with Gasteiger partial charge >= 0.3 is 0 Å². The number of carbonyl (C=O) groups is 2. The molecular formula is C11H11NO2. The molecule has 0 aliphatic carbocycles. The van der Waals surface area contributed by atoms with Crippen molar-refractivity contribution in [3.63, 3.8) is 0 Å². The Bertz CT molecular complexity index is 355. The van der Waals surface area contributed by atoms with Gasteiger partial charge in [0.25, 0.3) is 0 Å². The van der Waals surface area contributed by atoms with Gasteiger partial charge in [0.1, 0.15) is 0 Å². The summed E-state index contributed by atoms with van der Waals surface area (Å²) in [7, 11) is 0. The fourth-order valence-electron chi connectivity index (χ4n) is 1.03. The number of benzene rings is 1. The number of ketones is 1. The molecule has 3 heteroatoms. The highest BCUT2D eigenvalue weighted by Gasteiger charge is 1.98. The standard InChI is InChI=1S/C11H11NO2/c12-11(14)7-6-10(13)8-9-4-2-1-3-5-9/h1-7H,8H2,(H2,12,14)/b7-6+. The number of rotatable bonds is 4. The Hall–Kier alpha value is -1.90. The van der Waals surface area contributed by atoms with E-state index in [2.05, 4.69) is 0 Å². The van der Waals surface area contributed by atoms with Crippen LogP contribution in [0.3, 0.4) is 0 Å². The zero-order valence-corrected chi connectivity index (χ0v) is 7.64. The van der Waals surface area contributed by atoms with Crippen LogP contribution in [0.5, 0.6) is 0 Å². The predicted octanol–water partition coefficient (Wildman–Crippen LogP) is 0.840. The van der Waals surface area contributed by atoms with Gasteiger partial charge in [0.05, 0.1) is 0 Å². The third-order valence-electron chi connectivity index (χ3n) is 1.65. The monoisotopic (exact) mass is 189 g/mol. The van der Waals surface area contributed by atoms with Crippen molar-refractivity contribution in [1.29, 1.82) is 0 Å². The Morgan fingerprint density at radius 1 is 1.14 bits per heavy atom. The van der Waals surface area contributed by atoms with Crippen LogP contribution in [0.15, 0.2) is 42.5 Å². The van der Waals surface area contributed by atoms with Crippen molar-refractivity contribution in [3.8, 4) is 0 Å². The Morgan fingerprint density at radius 3 is 2.36 bits per heavy atom. The molecule has 1 rings (SSSR count). The molecule has 0 aromatic heterocycles. The summed E-state index contributed by atoms with van der Waals surface area (Å²) in [5.74, 6) is -0.735. The van der Waals surface area contributed by atoms with E-state index in [-0.39, 0.29) is 5.78 Å². The van der Waals surface area contributed by atoms with Crippen molar-refractivity contribution in [2.24, 2.45) is 5.73 Å². The van der Waals surface area contributed by atoms with E-state index in [9.17, 15) is 9.59 Å². The maximum absolute atomic E-state index is 11.2. The molecule has 0 saturated heterocycles. The number of hydrogen-bond acceptors (Lipinski definition) is 2. The molecule has 0 atom stereocenters. The molecule has 0 radical (unpaired) electrons. The summed E-state index contributed by atoms with van der Waals surface area (Å²) >= 11 is 0. The Kier molecular flexibility index (Phi) is 3.61. The second-order valence-corrected chi connectivity index (χ2v) is 2.86. The zero-order valence-electron chi connectivity index (χ0n) is 7.64. The summed E-state index contributed by atoms with van der Waals surface area (Å²) in [6.45, 7) is 0. The average molecular weight is 189 g/mol. The van der Waals surface area contributed by atoms with Gasteiger partial charge in [-0.05, 0) is 11.6 Å². The third-order valence-corrected chi connectivity index (χ3v) is 1.65. The van der Waals surface area contributed by atoms with E-state index in [1.807, 2.05) is 30.3 Å². The minimum atomic E-state index is -0.605. The molecule has 0 heterocycles. The van der Waals surface area contributed by atoms with Gasteiger partial charge in [0, 0.05) is 12.5 Å². The molecule has 1 aromatic carbocycles. The molecule has 72 valence electrons. The average Bonchev–Trinajstić information content (AvgIpc) is 2.16. The summed E-state index contributed by atoms with van der Waals surface area (Å²) in [6.07, 6.45) is 2.57. The maximum atomic E-state index is 11.2. The number of hydrogen-bond donors (Lipinski definition) is 1. The topological polar surface area (TPSA) is 60.2 Å². The fraction of sp³-hybridized carbons (Fsp3) is 0.0909. The molecule has 2 N–H and O–H groups in total. The number of carbonyl (C=O) groups excluding carboxylic acids is 2. The van der Waals surface area contributed by atoms with E-state index in [1.165, 1.54) is 6.08 Å². The molecule has 0 unspecified atom stereocenters. The minimum absolute atomic E-state index is 0.130. The Balaban J connectivity index is 2.54. The molecule has 0 aliphatic heterocycles. The fourth-order valence-corrected chi connectivity index (χ4v) is 1.03. The molecule has 0 spiro atoms. The molecule has 14 heavy (non-hydrogen) atoms. The molecule has 0 bridgehead atoms. The quantitative estimate of drug-likeness (QED) is 0.713. The van der Waals surface area contributed by atoms with Gasteiger partial charge in [0.15, 0.2) is 5.78 Å². The van der Waals surface area contributed by atoms with Gasteiger partial charge in [-0.15, -0.1) is 0 Å². The SMILES string of the molecule is NC(=O)/C=C/C(=O)Cc1ccccc1. The first kappa shape index (κ1) is 10.2. The van der Waals surface area contributed by atoms with Crippen molar-refractivity contribution in [3.05, 3.63) is 48.0 Å². The van der Waals surface area contributed by atoms with E-state index in [1.54, 1.807) is 0 Å². The lowest BCUT2D eigenvalue weighted by atomic mass is 10.1. The number of nitrogens with two attached hydrogens (primary N) is 1. The van der Waals surface area contributed by atoms with Crippen LogP contribution in [0.4, 0.5) is 0 Å². The summed E-state index contributed by atoms with van der Waals surface area (Å²) in [5, 5.41) is 0. The van der Waals surface area contributed by atoms with E-state index in [4.69, 9.17) is 5.73 Å². The van der Waals surface area contributed by atoms with Gasteiger partial charge in [-0.1, -0.05) is 30.3 Å². The second-order valence-electron chi connectivity index (χ2n) is 2.86. The number of allylic oxidation sites excluding steroid dienone is 1. The second kappa shape index (κ2) is 4.97. The summed E-state index contributed by atoms with van der Waals surface area (Å²) in [4.78, 5) is 21.6. The highest BCUT2D eigenvalue weighted by atomic mass is 16.1. The van der Waals surface area contributed by atoms with Crippen molar-refractivity contribution in [1.82, 2.24) is 0 Å². The zero-order chi connectivity index (χ0) is 10.4. The predicted molar refractivity (Wildman–Crippen MR) is 53.5 cm³/mol. The first-order chi connectivity index (χ1) is 6.68. The molecule has 0 saturated carbocycles. The maximum Gasteiger partial charge on any atom is 0.241 e. The van der Waals surface area contributed by atoms with E-state index < -0.39 is 5.91 Å². The van der Waals surface area contributed by atoms with Crippen LogP contribution in [0.25, 0.3) is 0 Å². The van der Waals surface area contributed by atoms with E-state index >= 15 is 0 Å². The highest BCUT2D eigenvalue weighted by molar-refractivity contribution is 5.97. The molecule has 1 amide bonds. The first-order valence-corrected chi connectivity index (χ1v) is 4.23. The van der Waals surface area contributed by atoms with Crippen LogP contribution in [-0.4, -0.2) is 11.7 Å². The van der Waals surface area contributed by atoms with Crippen LogP contribution in [-0.2, 0) is 16.0 Å². The van der Waals surface area contributed by atoms with Gasteiger partial charge in [-0.25, -0.2) is 0 Å². The van der Waals surface area contributed by atoms with Crippen molar-refractivity contribution >= 4 is 11.7 Å². The van der Waals surface area contributed by atoms with E-state index in [0.29, 0.717) is 6.42 Å². The third kappa shape index (κ3) is 3.67. The van der Waals surface area contributed by atoms with Gasteiger partial charge in [-0.2, -0.15) is 0 Å². The Morgan fingerprint density at radius 2 is 1.79 bits per heavy atom. The van der Waals surface area contributed by atoms with Crippen LogP contribution in [0.2, 0.25) is 0 Å². The van der Waals surface area contributed by atoms with Crippen LogP contribution >= 0.6 is 0 Å².